The number of hydrogen-bond acceptors (Lipinski definition) is 6. The Morgan fingerprint density at radius 3 is 2.57 bits per heavy atom. The van der Waals surface area contributed by atoms with Crippen molar-refractivity contribution in [3.63, 3.8) is 0 Å². The molecule has 8 nitrogen and oxygen atoms in total. The third-order valence-electron chi connectivity index (χ3n) is 6.73. The molecule has 0 radical (unpaired) electrons. The van der Waals surface area contributed by atoms with Gasteiger partial charge in [-0.25, -0.2) is 9.78 Å². The first-order valence-electron chi connectivity index (χ1n) is 12.7. The third kappa shape index (κ3) is 6.57. The summed E-state index contributed by atoms with van der Waals surface area (Å²) in [5, 5.41) is 12.1. The van der Waals surface area contributed by atoms with Gasteiger partial charge in [0.1, 0.15) is 17.5 Å². The van der Waals surface area contributed by atoms with Crippen LogP contribution in [0.5, 0.6) is 5.75 Å². The van der Waals surface area contributed by atoms with Crippen LogP contribution in [0, 0.1) is 11.8 Å². The Kier molecular flexibility index (Phi) is 8.61. The van der Waals surface area contributed by atoms with Gasteiger partial charge in [0.05, 0.1) is 19.8 Å². The van der Waals surface area contributed by atoms with Gasteiger partial charge in [0.15, 0.2) is 5.76 Å². The number of amides is 1. The van der Waals surface area contributed by atoms with E-state index in [9.17, 15) is 14.7 Å². The Morgan fingerprint density at radius 2 is 1.86 bits per heavy atom. The fraction of sp³-hybridized carbons (Fsp3) is 0.414. The van der Waals surface area contributed by atoms with Gasteiger partial charge in [-0.1, -0.05) is 56.7 Å². The summed E-state index contributed by atoms with van der Waals surface area (Å²) in [5.41, 5.74) is 2.38. The highest BCUT2D eigenvalue weighted by molar-refractivity contribution is 5.85. The number of aromatic nitrogens is 1. The zero-order valence-electron chi connectivity index (χ0n) is 21.5. The molecule has 0 aliphatic heterocycles. The molecule has 0 bridgehead atoms. The highest BCUT2D eigenvalue weighted by Crippen LogP contribution is 2.33. The number of nitrogens with one attached hydrogen (secondary N) is 1. The quantitative estimate of drug-likeness (QED) is 0.383. The molecule has 4 rings (SSSR count). The van der Waals surface area contributed by atoms with Crippen LogP contribution >= 0.6 is 0 Å². The number of carbonyl (C=O) groups is 2. The van der Waals surface area contributed by atoms with Gasteiger partial charge in [-0.05, 0) is 43.4 Å². The van der Waals surface area contributed by atoms with E-state index < -0.39 is 12.0 Å². The molecule has 1 fully saturated rings. The Labute approximate surface area is 217 Å². The fourth-order valence-corrected chi connectivity index (χ4v) is 4.66. The fourth-order valence-electron chi connectivity index (χ4n) is 4.66. The lowest BCUT2D eigenvalue weighted by Gasteiger charge is -2.29. The van der Waals surface area contributed by atoms with Gasteiger partial charge >= 0.3 is 5.97 Å². The molecule has 1 aliphatic rings. The topological polar surface area (TPSA) is 111 Å². The lowest BCUT2D eigenvalue weighted by Crippen LogP contribution is -2.47. The van der Waals surface area contributed by atoms with Crippen LogP contribution in [0.4, 0.5) is 0 Å². The predicted octanol–water partition coefficient (Wildman–Crippen LogP) is 5.32. The van der Waals surface area contributed by atoms with Crippen LogP contribution in [0.25, 0.3) is 22.8 Å². The molecule has 0 spiro atoms. The first-order valence-corrected chi connectivity index (χ1v) is 12.7. The van der Waals surface area contributed by atoms with E-state index in [-0.39, 0.29) is 30.5 Å². The number of benzene rings is 2. The summed E-state index contributed by atoms with van der Waals surface area (Å²) in [6, 6.07) is 16.4. The SMILES string of the molecule is COc1cccc(-c2nc(COC3CCCC(C(=O)N[C@@H](C(=O)O)C(C)C)C3)c(-c3ccccc3)o2)c1. The van der Waals surface area contributed by atoms with E-state index in [4.69, 9.17) is 18.9 Å². The summed E-state index contributed by atoms with van der Waals surface area (Å²) in [7, 11) is 1.62. The number of carboxylic acid groups (broad SMARTS) is 1. The van der Waals surface area contributed by atoms with Crippen LogP contribution in [-0.2, 0) is 20.9 Å². The van der Waals surface area contributed by atoms with Gasteiger partial charge < -0.3 is 24.3 Å². The normalized spacial score (nSPS) is 18.4. The Balaban J connectivity index is 1.48. The molecule has 0 saturated heterocycles. The first kappa shape index (κ1) is 26.4. The van der Waals surface area contributed by atoms with E-state index in [1.807, 2.05) is 54.6 Å². The minimum atomic E-state index is -1.02. The average molecular weight is 507 g/mol. The van der Waals surface area contributed by atoms with Crippen molar-refractivity contribution in [3.8, 4) is 28.5 Å². The summed E-state index contributed by atoms with van der Waals surface area (Å²) in [4.78, 5) is 29.1. The zero-order chi connectivity index (χ0) is 26.4. The molecule has 1 aromatic heterocycles. The lowest BCUT2D eigenvalue weighted by atomic mass is 9.86. The summed E-state index contributed by atoms with van der Waals surface area (Å²) < 4.78 is 17.8. The molecule has 2 N–H and O–H groups in total. The van der Waals surface area contributed by atoms with Crippen LogP contribution < -0.4 is 10.1 Å². The molecule has 37 heavy (non-hydrogen) atoms. The Hall–Kier alpha value is -3.65. The molecule has 3 aromatic rings. The second-order valence-electron chi connectivity index (χ2n) is 9.76. The number of nitrogens with zero attached hydrogens (tertiary/aromatic N) is 1. The Morgan fingerprint density at radius 1 is 1.11 bits per heavy atom. The molecule has 3 atom stereocenters. The van der Waals surface area contributed by atoms with Crippen LogP contribution in [0.15, 0.2) is 59.0 Å². The summed E-state index contributed by atoms with van der Waals surface area (Å²) in [5.74, 6) is 0.121. The van der Waals surface area contributed by atoms with E-state index in [0.717, 1.165) is 30.4 Å². The number of oxazole rings is 1. The molecule has 1 saturated carbocycles. The van der Waals surface area contributed by atoms with Crippen molar-refractivity contribution in [1.29, 1.82) is 0 Å². The smallest absolute Gasteiger partial charge is 0.326 e. The second kappa shape index (κ2) is 12.1. The molecule has 2 aromatic carbocycles. The maximum absolute atomic E-state index is 12.8. The van der Waals surface area contributed by atoms with E-state index in [2.05, 4.69) is 5.32 Å². The molecule has 2 unspecified atom stereocenters. The molecule has 196 valence electrons. The first-order chi connectivity index (χ1) is 17.9. The Bertz CT molecular complexity index is 1210. The number of methoxy groups -OCH3 is 1. The van der Waals surface area contributed by atoms with Crippen molar-refractivity contribution in [2.45, 2.75) is 58.3 Å². The van der Waals surface area contributed by atoms with Crippen LogP contribution in [0.2, 0.25) is 0 Å². The van der Waals surface area contributed by atoms with Crippen molar-refractivity contribution in [1.82, 2.24) is 10.3 Å². The molecule has 1 aliphatic carbocycles. The standard InChI is InChI=1S/C29H34N2O6/c1-18(2)25(29(33)34)31-27(32)20-11-7-14-23(15-20)36-17-24-26(19-9-5-4-6-10-19)37-28(30-24)21-12-8-13-22(16-21)35-3/h4-6,8-10,12-13,16,18,20,23,25H,7,11,14-15,17H2,1-3H3,(H,31,32)(H,33,34)/t20?,23?,25-/m1/s1. The number of rotatable bonds is 10. The molecule has 1 heterocycles. The van der Waals surface area contributed by atoms with Crippen molar-refractivity contribution >= 4 is 11.9 Å². The number of aliphatic carboxylic acids is 1. The summed E-state index contributed by atoms with van der Waals surface area (Å²) in [6.07, 6.45) is 2.79. The number of carboxylic acids is 1. The third-order valence-corrected chi connectivity index (χ3v) is 6.73. The van der Waals surface area contributed by atoms with Crippen molar-refractivity contribution in [2.24, 2.45) is 11.8 Å². The second-order valence-corrected chi connectivity index (χ2v) is 9.76. The number of hydrogen-bond donors (Lipinski definition) is 2. The maximum atomic E-state index is 12.8. The highest BCUT2D eigenvalue weighted by Gasteiger charge is 2.32. The van der Waals surface area contributed by atoms with Gasteiger partial charge in [-0.2, -0.15) is 0 Å². The van der Waals surface area contributed by atoms with Gasteiger partial charge in [0.25, 0.3) is 0 Å². The van der Waals surface area contributed by atoms with E-state index in [1.165, 1.54) is 0 Å². The van der Waals surface area contributed by atoms with Gasteiger partial charge in [0.2, 0.25) is 11.8 Å². The average Bonchev–Trinajstić information content (AvgIpc) is 3.35. The van der Waals surface area contributed by atoms with Crippen LogP contribution in [-0.4, -0.2) is 41.2 Å². The van der Waals surface area contributed by atoms with E-state index in [0.29, 0.717) is 29.5 Å². The molecule has 1 amide bonds. The van der Waals surface area contributed by atoms with E-state index >= 15 is 0 Å². The summed E-state index contributed by atoms with van der Waals surface area (Å²) in [6.45, 7) is 3.81. The molecular formula is C29H34N2O6. The van der Waals surface area contributed by atoms with E-state index in [1.54, 1.807) is 21.0 Å². The number of ether oxygens (including phenoxy) is 2. The predicted molar refractivity (Wildman–Crippen MR) is 139 cm³/mol. The molecular weight excluding hydrogens is 472 g/mol. The van der Waals surface area contributed by atoms with Gasteiger partial charge in [-0.15, -0.1) is 0 Å². The lowest BCUT2D eigenvalue weighted by molar-refractivity contribution is -0.144. The molecule has 8 heteroatoms. The minimum Gasteiger partial charge on any atom is -0.497 e. The highest BCUT2D eigenvalue weighted by atomic mass is 16.5. The number of carbonyl (C=O) groups excluding carboxylic acids is 1. The van der Waals surface area contributed by atoms with Gasteiger partial charge in [0, 0.05) is 17.0 Å². The van der Waals surface area contributed by atoms with Crippen molar-refractivity contribution in [3.05, 3.63) is 60.3 Å². The summed E-state index contributed by atoms with van der Waals surface area (Å²) >= 11 is 0. The van der Waals surface area contributed by atoms with Crippen LogP contribution in [0.1, 0.15) is 45.2 Å². The van der Waals surface area contributed by atoms with Crippen molar-refractivity contribution in [2.75, 3.05) is 7.11 Å². The zero-order valence-corrected chi connectivity index (χ0v) is 21.5. The van der Waals surface area contributed by atoms with Gasteiger partial charge in [-0.3, -0.25) is 4.79 Å². The van der Waals surface area contributed by atoms with Crippen LogP contribution in [0.3, 0.4) is 0 Å². The minimum absolute atomic E-state index is 0.132. The largest absolute Gasteiger partial charge is 0.497 e. The maximum Gasteiger partial charge on any atom is 0.326 e. The van der Waals surface area contributed by atoms with Crippen molar-refractivity contribution < 1.29 is 28.6 Å². The monoisotopic (exact) mass is 506 g/mol.